The second-order valence-corrected chi connectivity index (χ2v) is 9.07. The Hall–Kier alpha value is -1.37. The van der Waals surface area contributed by atoms with Crippen molar-refractivity contribution in [3.05, 3.63) is 84.1 Å². The fourth-order valence-electron chi connectivity index (χ4n) is 3.37. The minimum Gasteiger partial charge on any atom is -0.329 e. The van der Waals surface area contributed by atoms with E-state index >= 15 is 0 Å². The van der Waals surface area contributed by atoms with Crippen LogP contribution >= 0.6 is 11.6 Å². The van der Waals surface area contributed by atoms with Crippen molar-refractivity contribution in [2.75, 3.05) is 26.7 Å². The Morgan fingerprint density at radius 3 is 2.50 bits per heavy atom. The smallest absolute Gasteiger partial charge is 0.329 e. The topological polar surface area (TPSA) is 77.4 Å². The summed E-state index contributed by atoms with van der Waals surface area (Å²) in [5.74, 6) is 0.0935. The molecule has 1 heterocycles. The van der Waals surface area contributed by atoms with Gasteiger partial charge in [0.1, 0.15) is 0 Å². The zero-order chi connectivity index (χ0) is 22.4. The van der Waals surface area contributed by atoms with E-state index in [9.17, 15) is 8.42 Å². The van der Waals surface area contributed by atoms with Crippen molar-refractivity contribution in [2.45, 2.75) is 12.8 Å². The SMILES string of the molecule is [CH2-]CN(C[CH-]C)S(=O)(=O)NC(=NC)N1CC(c2ccccc2)C(c2ccc(Cl)cc2)=N1.[U+2]. The Balaban J connectivity index is 0.00000363. The van der Waals surface area contributed by atoms with Crippen LogP contribution in [0.3, 0.4) is 0 Å². The molecule has 0 aliphatic carbocycles. The molecule has 32 heavy (non-hydrogen) atoms. The van der Waals surface area contributed by atoms with E-state index in [0.717, 1.165) is 16.8 Å². The van der Waals surface area contributed by atoms with Gasteiger partial charge in [0.05, 0.1) is 12.3 Å². The first-order valence-electron chi connectivity index (χ1n) is 9.88. The van der Waals surface area contributed by atoms with Gasteiger partial charge in [0, 0.05) is 18.0 Å². The number of rotatable bonds is 7. The van der Waals surface area contributed by atoms with Gasteiger partial charge in [0.2, 0.25) is 5.96 Å². The Bertz CT molecular complexity index is 1050. The monoisotopic (exact) mass is 697 g/mol. The largest absolute Gasteiger partial charge is 2.00 e. The fraction of sp³-hybridized carbons (Fsp3) is 0.273. The first-order valence-corrected chi connectivity index (χ1v) is 11.7. The number of halogens is 1. The maximum Gasteiger partial charge on any atom is 2.00 e. The van der Waals surface area contributed by atoms with E-state index in [1.54, 1.807) is 18.4 Å². The molecule has 2 aromatic carbocycles. The Morgan fingerprint density at radius 2 is 1.94 bits per heavy atom. The van der Waals surface area contributed by atoms with Gasteiger partial charge in [-0.15, -0.1) is 13.1 Å². The van der Waals surface area contributed by atoms with E-state index in [-0.39, 0.29) is 56.1 Å². The van der Waals surface area contributed by atoms with Crippen molar-refractivity contribution in [1.82, 2.24) is 14.0 Å². The van der Waals surface area contributed by atoms with Gasteiger partial charge >= 0.3 is 31.1 Å². The van der Waals surface area contributed by atoms with E-state index in [1.807, 2.05) is 54.6 Å². The summed E-state index contributed by atoms with van der Waals surface area (Å²) in [5, 5.41) is 6.97. The van der Waals surface area contributed by atoms with Crippen molar-refractivity contribution in [1.29, 1.82) is 0 Å². The first kappa shape index (κ1) is 26.9. The van der Waals surface area contributed by atoms with Crippen molar-refractivity contribution >= 4 is 33.5 Å². The van der Waals surface area contributed by atoms with Crippen LogP contribution in [0.15, 0.2) is 64.7 Å². The average molecular weight is 698 g/mol. The summed E-state index contributed by atoms with van der Waals surface area (Å²) in [4.78, 5) is 4.17. The van der Waals surface area contributed by atoms with Crippen LogP contribution in [0.2, 0.25) is 5.02 Å². The van der Waals surface area contributed by atoms with Crippen LogP contribution in [0.4, 0.5) is 0 Å². The molecule has 0 fully saturated rings. The molecule has 168 valence electrons. The maximum atomic E-state index is 12.8. The van der Waals surface area contributed by atoms with Crippen molar-refractivity contribution in [3.63, 3.8) is 0 Å². The molecule has 0 spiro atoms. The van der Waals surface area contributed by atoms with Crippen LogP contribution in [0.5, 0.6) is 0 Å². The molecule has 0 amide bonds. The van der Waals surface area contributed by atoms with Crippen molar-refractivity contribution in [2.24, 2.45) is 10.1 Å². The van der Waals surface area contributed by atoms with Gasteiger partial charge in [-0.05, 0) is 23.3 Å². The van der Waals surface area contributed by atoms with Gasteiger partial charge in [-0.1, -0.05) is 54.1 Å². The third-order valence-corrected chi connectivity index (χ3v) is 6.61. The number of guanidine groups is 1. The number of aliphatic imine (C=N–C) groups is 1. The molecule has 3 rings (SSSR count). The molecule has 1 unspecified atom stereocenters. The molecule has 10 heteroatoms. The van der Waals surface area contributed by atoms with Crippen molar-refractivity contribution in [3.8, 4) is 0 Å². The third kappa shape index (κ3) is 6.36. The van der Waals surface area contributed by atoms with Gasteiger partial charge in [-0.2, -0.15) is 20.4 Å². The first-order chi connectivity index (χ1) is 14.9. The second kappa shape index (κ2) is 12.2. The Labute approximate surface area is 219 Å². The zero-order valence-corrected chi connectivity index (χ0v) is 23.8. The average Bonchev–Trinajstić information content (AvgIpc) is 3.22. The summed E-state index contributed by atoms with van der Waals surface area (Å²) in [6.07, 6.45) is 1.76. The molecule has 0 saturated carbocycles. The summed E-state index contributed by atoms with van der Waals surface area (Å²) in [6.45, 7) is 6.30. The molecule has 0 radical (unpaired) electrons. The van der Waals surface area contributed by atoms with Gasteiger partial charge in [-0.3, -0.25) is 4.99 Å². The van der Waals surface area contributed by atoms with Crippen LogP contribution in [0.25, 0.3) is 0 Å². The molecule has 1 atom stereocenters. The minimum absolute atomic E-state index is 0. The van der Waals surface area contributed by atoms with Crippen LogP contribution < -0.4 is 4.72 Å². The molecule has 0 bridgehead atoms. The van der Waals surface area contributed by atoms with Crippen LogP contribution in [-0.2, 0) is 10.2 Å². The number of nitrogens with zero attached hydrogens (tertiary/aromatic N) is 4. The molecule has 7 nitrogen and oxygen atoms in total. The molecule has 1 N–H and O–H groups in total. The summed E-state index contributed by atoms with van der Waals surface area (Å²) >= 11 is 6.06. The predicted octanol–water partition coefficient (Wildman–Crippen LogP) is 3.32. The number of hydrogen-bond acceptors (Lipinski definition) is 4. The molecule has 0 aromatic heterocycles. The van der Waals surface area contributed by atoms with Gasteiger partial charge < -0.3 is 13.3 Å². The quantitative estimate of drug-likeness (QED) is 0.274. The summed E-state index contributed by atoms with van der Waals surface area (Å²) in [7, 11) is -2.29. The van der Waals surface area contributed by atoms with Crippen LogP contribution in [0.1, 0.15) is 24.0 Å². The standard InChI is InChI=1S/C22H26ClN5O2S.U/c1-4-15-27(5-2)31(29,30)26-22(24-3)28-16-20(17-9-7-6-8-10-17)21(25-28)18-11-13-19(23)14-12-18;/h4,6-14,20H,2,5,15-16H2,1,3H3,(H,24,26);/q-2;+2. The molecular formula is C22H26ClN5O2SU. The Morgan fingerprint density at radius 1 is 1.28 bits per heavy atom. The van der Waals surface area contributed by atoms with E-state index in [0.29, 0.717) is 11.6 Å². The van der Waals surface area contributed by atoms with E-state index < -0.39 is 10.2 Å². The molecule has 0 saturated heterocycles. The molecule has 2 aromatic rings. The molecular weight excluding hydrogens is 672 g/mol. The minimum atomic E-state index is -3.82. The van der Waals surface area contributed by atoms with Crippen LogP contribution in [0, 0.1) is 44.5 Å². The number of hydrogen-bond donors (Lipinski definition) is 1. The predicted molar refractivity (Wildman–Crippen MR) is 126 cm³/mol. The molecule has 1 aliphatic heterocycles. The number of nitrogens with one attached hydrogen (secondary N) is 1. The van der Waals surface area contributed by atoms with Gasteiger partial charge in [0.25, 0.3) is 10.2 Å². The summed E-state index contributed by atoms with van der Waals surface area (Å²) in [5.41, 5.74) is 2.81. The van der Waals surface area contributed by atoms with Gasteiger partial charge in [0.15, 0.2) is 0 Å². The third-order valence-electron chi connectivity index (χ3n) is 4.91. The summed E-state index contributed by atoms with van der Waals surface area (Å²) in [6, 6.07) is 17.4. The van der Waals surface area contributed by atoms with Gasteiger partial charge in [-0.25, -0.2) is 14.0 Å². The van der Waals surface area contributed by atoms with E-state index in [1.165, 1.54) is 11.4 Å². The normalized spacial score (nSPS) is 16.7. The van der Waals surface area contributed by atoms with E-state index in [2.05, 4.69) is 16.6 Å². The zero-order valence-electron chi connectivity index (χ0n) is 18.1. The fourth-order valence-corrected chi connectivity index (χ4v) is 4.64. The second-order valence-electron chi connectivity index (χ2n) is 6.96. The molecule has 1 aliphatic rings. The Kier molecular flexibility index (Phi) is 10.2. The number of hydrazone groups is 1. The van der Waals surface area contributed by atoms with Crippen molar-refractivity contribution < 1.29 is 39.5 Å². The van der Waals surface area contributed by atoms with Crippen LogP contribution in [-0.4, -0.2) is 56.1 Å². The summed E-state index contributed by atoms with van der Waals surface area (Å²) < 4.78 is 29.4. The van der Waals surface area contributed by atoms with E-state index in [4.69, 9.17) is 16.7 Å². The maximum absolute atomic E-state index is 12.8. The number of benzene rings is 2.